The molecule has 0 atom stereocenters. The molecule has 4 nitrogen and oxygen atoms in total. The molecule has 0 unspecified atom stereocenters. The van der Waals surface area contributed by atoms with Gasteiger partial charge in [-0.2, -0.15) is 0 Å². The summed E-state index contributed by atoms with van der Waals surface area (Å²) in [6.45, 7) is 16.4. The first kappa shape index (κ1) is 18.4. The molecule has 0 aromatic carbocycles. The van der Waals surface area contributed by atoms with Crippen LogP contribution in [-0.2, 0) is 8.85 Å². The number of hydrogen-bond donors (Lipinski definition) is 0. The van der Waals surface area contributed by atoms with Gasteiger partial charge < -0.3 is 8.85 Å². The second-order valence-corrected chi connectivity index (χ2v) is 11.2. The predicted octanol–water partition coefficient (Wildman–Crippen LogP) is 3.36. The molecular weight excluding hydrogens is 292 g/mol. The highest BCUT2D eigenvalue weighted by molar-refractivity contribution is 6.65. The lowest BCUT2D eigenvalue weighted by atomic mass is 9.77. The standard InChI is InChI=1S/C17H36N2O2Si/c1-8-20-22(21-9-2)12-10-11-19(22)15-13-16(3,4)18(7)17(5,6)14-15/h15H,8-14H2,1-7H3. The molecule has 0 N–H and O–H groups in total. The Bertz CT molecular complexity index is 363. The highest BCUT2D eigenvalue weighted by atomic mass is 28.4. The van der Waals surface area contributed by atoms with Crippen LogP contribution in [0.1, 0.15) is 60.8 Å². The Morgan fingerprint density at radius 2 is 1.50 bits per heavy atom. The summed E-state index contributed by atoms with van der Waals surface area (Å²) >= 11 is 0. The Balaban J connectivity index is 2.25. The summed E-state index contributed by atoms with van der Waals surface area (Å²) in [6, 6.07) is 1.70. The molecule has 2 saturated heterocycles. The first-order valence-corrected chi connectivity index (χ1v) is 10.9. The van der Waals surface area contributed by atoms with E-state index in [9.17, 15) is 0 Å². The van der Waals surface area contributed by atoms with E-state index in [4.69, 9.17) is 8.85 Å². The van der Waals surface area contributed by atoms with Crippen molar-refractivity contribution in [2.75, 3.05) is 26.8 Å². The van der Waals surface area contributed by atoms with Crippen molar-refractivity contribution in [1.29, 1.82) is 0 Å². The predicted molar refractivity (Wildman–Crippen MR) is 94.1 cm³/mol. The van der Waals surface area contributed by atoms with Crippen molar-refractivity contribution in [3.8, 4) is 0 Å². The fourth-order valence-corrected chi connectivity index (χ4v) is 8.33. The van der Waals surface area contributed by atoms with Gasteiger partial charge in [0.2, 0.25) is 0 Å². The quantitative estimate of drug-likeness (QED) is 0.723. The molecular formula is C17H36N2O2Si. The van der Waals surface area contributed by atoms with Gasteiger partial charge in [-0.3, -0.25) is 9.47 Å². The van der Waals surface area contributed by atoms with Crippen molar-refractivity contribution in [1.82, 2.24) is 9.47 Å². The van der Waals surface area contributed by atoms with Gasteiger partial charge >= 0.3 is 8.72 Å². The van der Waals surface area contributed by atoms with Crippen LogP contribution in [0.3, 0.4) is 0 Å². The molecule has 0 amide bonds. The van der Waals surface area contributed by atoms with E-state index in [-0.39, 0.29) is 11.1 Å². The molecule has 2 fully saturated rings. The largest absolute Gasteiger partial charge is 0.428 e. The topological polar surface area (TPSA) is 24.9 Å². The molecule has 0 aliphatic carbocycles. The molecule has 2 aliphatic heterocycles. The average molecular weight is 329 g/mol. The third kappa shape index (κ3) is 3.29. The van der Waals surface area contributed by atoms with Crippen LogP contribution in [0.2, 0.25) is 6.04 Å². The van der Waals surface area contributed by atoms with Crippen LogP contribution < -0.4 is 0 Å². The zero-order valence-corrected chi connectivity index (χ0v) is 16.7. The zero-order valence-electron chi connectivity index (χ0n) is 15.7. The zero-order chi connectivity index (χ0) is 16.6. The third-order valence-electron chi connectivity index (χ3n) is 5.80. The summed E-state index contributed by atoms with van der Waals surface area (Å²) < 4.78 is 15.2. The number of nitrogens with zero attached hydrogens (tertiary/aromatic N) is 2. The highest BCUT2D eigenvalue weighted by Gasteiger charge is 2.55. The van der Waals surface area contributed by atoms with Crippen LogP contribution in [0.25, 0.3) is 0 Å². The van der Waals surface area contributed by atoms with Crippen molar-refractivity contribution in [2.45, 2.75) is 84.0 Å². The van der Waals surface area contributed by atoms with Gasteiger partial charge in [-0.25, -0.2) is 0 Å². The second kappa shape index (κ2) is 6.52. The van der Waals surface area contributed by atoms with Crippen molar-refractivity contribution in [3.63, 3.8) is 0 Å². The van der Waals surface area contributed by atoms with E-state index >= 15 is 0 Å². The van der Waals surface area contributed by atoms with Gasteiger partial charge in [0, 0.05) is 36.4 Å². The SMILES string of the molecule is CCO[Si]1(OCC)CCCN1C1CC(C)(C)N(C)C(C)(C)C1. The number of hydrogen-bond acceptors (Lipinski definition) is 4. The average Bonchev–Trinajstić information content (AvgIpc) is 2.80. The minimum atomic E-state index is -2.18. The second-order valence-electron chi connectivity index (χ2n) is 8.12. The summed E-state index contributed by atoms with van der Waals surface area (Å²) in [7, 11) is 0.0923. The van der Waals surface area contributed by atoms with Crippen molar-refractivity contribution >= 4 is 8.72 Å². The Morgan fingerprint density at radius 1 is 1.00 bits per heavy atom. The lowest BCUT2D eigenvalue weighted by molar-refractivity contribution is -0.0407. The minimum Gasteiger partial charge on any atom is -0.383 e. The van der Waals surface area contributed by atoms with E-state index in [0.29, 0.717) is 6.04 Å². The van der Waals surface area contributed by atoms with E-state index in [0.717, 1.165) is 25.8 Å². The Labute approximate surface area is 138 Å². The normalized spacial score (nSPS) is 29.0. The first-order chi connectivity index (χ1) is 10.2. The molecule has 0 bridgehead atoms. The summed E-state index contributed by atoms with van der Waals surface area (Å²) in [6.07, 6.45) is 3.61. The van der Waals surface area contributed by atoms with Crippen LogP contribution in [0.4, 0.5) is 0 Å². The fourth-order valence-electron chi connectivity index (χ4n) is 4.59. The molecule has 130 valence electrons. The van der Waals surface area contributed by atoms with E-state index in [1.165, 1.54) is 19.3 Å². The summed E-state index contributed by atoms with van der Waals surface area (Å²) in [5.41, 5.74) is 0.432. The van der Waals surface area contributed by atoms with Gasteiger partial charge in [-0.05, 0) is 74.4 Å². The van der Waals surface area contributed by atoms with Crippen LogP contribution >= 0.6 is 0 Å². The third-order valence-corrected chi connectivity index (χ3v) is 9.73. The number of likely N-dealkylation sites (tertiary alicyclic amines) is 1. The Morgan fingerprint density at radius 3 is 1.95 bits per heavy atom. The summed E-state index contributed by atoms with van der Waals surface area (Å²) in [5, 5.41) is 0. The molecule has 5 heteroatoms. The van der Waals surface area contributed by atoms with E-state index in [1.54, 1.807) is 0 Å². The molecule has 2 heterocycles. The molecule has 0 spiro atoms. The number of rotatable bonds is 5. The first-order valence-electron chi connectivity index (χ1n) is 8.97. The Kier molecular flexibility index (Phi) is 5.45. The minimum absolute atomic E-state index is 0.216. The summed E-state index contributed by atoms with van der Waals surface area (Å²) in [5.74, 6) is 0. The van der Waals surface area contributed by atoms with E-state index in [2.05, 4.69) is 58.1 Å². The monoisotopic (exact) mass is 328 g/mol. The van der Waals surface area contributed by atoms with Gasteiger partial charge in [0.25, 0.3) is 0 Å². The fraction of sp³-hybridized carbons (Fsp3) is 1.00. The van der Waals surface area contributed by atoms with Gasteiger partial charge in [-0.1, -0.05) is 0 Å². The lowest BCUT2D eigenvalue weighted by Crippen LogP contribution is -2.67. The van der Waals surface area contributed by atoms with Crippen LogP contribution in [-0.4, -0.2) is 62.1 Å². The molecule has 0 aromatic heterocycles. The maximum Gasteiger partial charge on any atom is 0.428 e. The molecule has 0 radical (unpaired) electrons. The maximum absolute atomic E-state index is 6.29. The molecule has 2 rings (SSSR count). The Hall–Kier alpha value is 0.0569. The molecule has 22 heavy (non-hydrogen) atoms. The van der Waals surface area contributed by atoms with Gasteiger partial charge in [0.1, 0.15) is 0 Å². The van der Waals surface area contributed by atoms with Crippen LogP contribution in [0.5, 0.6) is 0 Å². The van der Waals surface area contributed by atoms with Crippen molar-refractivity contribution in [2.24, 2.45) is 0 Å². The van der Waals surface area contributed by atoms with Gasteiger partial charge in [0.15, 0.2) is 0 Å². The van der Waals surface area contributed by atoms with E-state index < -0.39 is 8.72 Å². The van der Waals surface area contributed by atoms with Gasteiger partial charge in [0.05, 0.1) is 0 Å². The molecule has 0 aromatic rings. The van der Waals surface area contributed by atoms with Crippen molar-refractivity contribution in [3.05, 3.63) is 0 Å². The molecule has 2 aliphatic rings. The van der Waals surface area contributed by atoms with Crippen LogP contribution in [0, 0.1) is 0 Å². The van der Waals surface area contributed by atoms with Crippen molar-refractivity contribution < 1.29 is 8.85 Å². The van der Waals surface area contributed by atoms with Crippen LogP contribution in [0.15, 0.2) is 0 Å². The molecule has 0 saturated carbocycles. The van der Waals surface area contributed by atoms with E-state index in [1.807, 2.05) is 0 Å². The number of piperidine rings is 1. The highest BCUT2D eigenvalue weighted by Crippen LogP contribution is 2.42. The van der Waals surface area contributed by atoms with Gasteiger partial charge in [-0.15, -0.1) is 0 Å². The summed E-state index contributed by atoms with van der Waals surface area (Å²) in [4.78, 5) is 2.55. The lowest BCUT2D eigenvalue weighted by Gasteiger charge is -2.56. The smallest absolute Gasteiger partial charge is 0.383 e. The maximum atomic E-state index is 6.29.